The molecule has 1 atom stereocenters. The number of piperidine rings is 1. The van der Waals surface area contributed by atoms with Gasteiger partial charge in [0.1, 0.15) is 5.82 Å². The summed E-state index contributed by atoms with van der Waals surface area (Å²) in [6.45, 7) is 1.90. The summed E-state index contributed by atoms with van der Waals surface area (Å²) in [7, 11) is 2.15. The highest BCUT2D eigenvalue weighted by Crippen LogP contribution is 2.30. The molecule has 2 aromatic heterocycles. The lowest BCUT2D eigenvalue weighted by Gasteiger charge is -2.38. The van der Waals surface area contributed by atoms with Crippen molar-refractivity contribution in [2.75, 3.05) is 29.9 Å². The van der Waals surface area contributed by atoms with Gasteiger partial charge < -0.3 is 9.80 Å². The second-order valence-electron chi connectivity index (χ2n) is 7.69. The van der Waals surface area contributed by atoms with Gasteiger partial charge >= 0.3 is 0 Å². The number of benzene rings is 2. The first-order valence-electron chi connectivity index (χ1n) is 10.4. The van der Waals surface area contributed by atoms with Crippen LogP contribution in [0.1, 0.15) is 12.8 Å². The zero-order valence-corrected chi connectivity index (χ0v) is 17.0. The van der Waals surface area contributed by atoms with Gasteiger partial charge in [-0.2, -0.15) is 5.10 Å². The Morgan fingerprint density at radius 1 is 0.933 bits per heavy atom. The number of para-hydroxylation sites is 1. The average molecular weight is 396 g/mol. The van der Waals surface area contributed by atoms with Gasteiger partial charge in [-0.25, -0.2) is 9.97 Å². The minimum atomic E-state index is 0.336. The van der Waals surface area contributed by atoms with Crippen molar-refractivity contribution in [2.24, 2.45) is 0 Å². The first-order valence-corrected chi connectivity index (χ1v) is 10.4. The summed E-state index contributed by atoms with van der Waals surface area (Å²) in [5.41, 5.74) is 2.00. The van der Waals surface area contributed by atoms with Gasteiger partial charge in [-0.3, -0.25) is 0 Å². The third-order valence-electron chi connectivity index (χ3n) is 5.78. The molecule has 150 valence electrons. The molecule has 2 aromatic carbocycles. The van der Waals surface area contributed by atoms with Crippen molar-refractivity contribution < 1.29 is 0 Å². The molecule has 1 aliphatic rings. The first-order chi connectivity index (χ1) is 14.8. The standard InChI is InChI=1S/C24H24N6/c1-29(19-11-8-16-30(17-19)22-14-7-15-25-28-22)24-20-12-5-6-13-21(20)26-23(27-24)18-9-3-2-4-10-18/h2-7,9-10,12-15,19H,8,11,16-17H2,1H3. The van der Waals surface area contributed by atoms with Crippen molar-refractivity contribution in [3.63, 3.8) is 0 Å². The summed E-state index contributed by atoms with van der Waals surface area (Å²) in [5, 5.41) is 9.43. The summed E-state index contributed by atoms with van der Waals surface area (Å²) >= 11 is 0. The van der Waals surface area contributed by atoms with Gasteiger partial charge in [0, 0.05) is 43.3 Å². The van der Waals surface area contributed by atoms with E-state index in [2.05, 4.69) is 57.4 Å². The Morgan fingerprint density at radius 3 is 2.60 bits per heavy atom. The molecule has 1 fully saturated rings. The predicted molar refractivity (Wildman–Crippen MR) is 121 cm³/mol. The van der Waals surface area contributed by atoms with Crippen LogP contribution in [0.5, 0.6) is 0 Å². The molecule has 1 aliphatic heterocycles. The summed E-state index contributed by atoms with van der Waals surface area (Å²) in [4.78, 5) is 14.5. The number of anilines is 2. The van der Waals surface area contributed by atoms with E-state index in [9.17, 15) is 0 Å². The van der Waals surface area contributed by atoms with Gasteiger partial charge in [-0.15, -0.1) is 5.10 Å². The van der Waals surface area contributed by atoms with Crippen molar-refractivity contribution in [1.29, 1.82) is 0 Å². The number of nitrogens with zero attached hydrogens (tertiary/aromatic N) is 6. The van der Waals surface area contributed by atoms with Crippen molar-refractivity contribution in [1.82, 2.24) is 20.2 Å². The fourth-order valence-corrected chi connectivity index (χ4v) is 4.16. The molecule has 0 bridgehead atoms. The molecule has 3 heterocycles. The monoisotopic (exact) mass is 396 g/mol. The summed E-state index contributed by atoms with van der Waals surface area (Å²) < 4.78 is 0. The molecule has 0 spiro atoms. The average Bonchev–Trinajstić information content (AvgIpc) is 2.84. The molecule has 1 saturated heterocycles. The lowest BCUT2D eigenvalue weighted by molar-refractivity contribution is 0.483. The van der Waals surface area contributed by atoms with Crippen LogP contribution < -0.4 is 9.80 Å². The molecule has 0 saturated carbocycles. The molecule has 0 radical (unpaired) electrons. The zero-order chi connectivity index (χ0) is 20.3. The zero-order valence-electron chi connectivity index (χ0n) is 17.0. The van der Waals surface area contributed by atoms with Crippen molar-refractivity contribution in [2.45, 2.75) is 18.9 Å². The maximum atomic E-state index is 5.01. The van der Waals surface area contributed by atoms with Gasteiger partial charge in [0.15, 0.2) is 11.6 Å². The van der Waals surface area contributed by atoms with Gasteiger partial charge in [0.25, 0.3) is 0 Å². The normalized spacial score (nSPS) is 16.6. The molecule has 5 rings (SSSR count). The van der Waals surface area contributed by atoms with Crippen molar-refractivity contribution >= 4 is 22.5 Å². The van der Waals surface area contributed by atoms with Crippen molar-refractivity contribution in [3.8, 4) is 11.4 Å². The van der Waals surface area contributed by atoms with Crippen LogP contribution in [0, 0.1) is 0 Å². The fourth-order valence-electron chi connectivity index (χ4n) is 4.16. The Hall–Kier alpha value is -3.54. The third-order valence-corrected chi connectivity index (χ3v) is 5.78. The first kappa shape index (κ1) is 18.5. The van der Waals surface area contributed by atoms with E-state index in [0.717, 1.165) is 59.9 Å². The highest BCUT2D eigenvalue weighted by Gasteiger charge is 2.26. The van der Waals surface area contributed by atoms with E-state index in [1.165, 1.54) is 0 Å². The fraction of sp³-hybridized carbons (Fsp3) is 0.250. The number of hydrogen-bond acceptors (Lipinski definition) is 6. The SMILES string of the molecule is CN(c1nc(-c2ccccc2)nc2ccccc12)C1CCCN(c2cccnn2)C1. The molecule has 0 aliphatic carbocycles. The highest BCUT2D eigenvalue weighted by molar-refractivity contribution is 5.91. The van der Waals surface area contributed by atoms with E-state index >= 15 is 0 Å². The Morgan fingerprint density at radius 2 is 1.77 bits per heavy atom. The van der Waals surface area contributed by atoms with E-state index in [-0.39, 0.29) is 0 Å². The van der Waals surface area contributed by atoms with Crippen LogP contribution in [0.15, 0.2) is 72.9 Å². The molecule has 4 aromatic rings. The van der Waals surface area contributed by atoms with Crippen LogP contribution in [0.2, 0.25) is 0 Å². The predicted octanol–water partition coefficient (Wildman–Crippen LogP) is 4.19. The molecule has 6 heteroatoms. The smallest absolute Gasteiger partial charge is 0.162 e. The summed E-state index contributed by atoms with van der Waals surface area (Å²) in [6, 6.07) is 22.8. The number of fused-ring (bicyclic) bond motifs is 1. The quantitative estimate of drug-likeness (QED) is 0.515. The summed E-state index contributed by atoms with van der Waals surface area (Å²) in [5.74, 6) is 2.68. The molecule has 30 heavy (non-hydrogen) atoms. The van der Waals surface area contributed by atoms with Crippen LogP contribution in [0.4, 0.5) is 11.6 Å². The van der Waals surface area contributed by atoms with Gasteiger partial charge in [0.05, 0.1) is 5.52 Å². The molecule has 6 nitrogen and oxygen atoms in total. The highest BCUT2D eigenvalue weighted by atomic mass is 15.3. The Labute approximate surface area is 176 Å². The van der Waals surface area contributed by atoms with Crippen LogP contribution in [-0.2, 0) is 0 Å². The number of aromatic nitrogens is 4. The number of rotatable bonds is 4. The maximum Gasteiger partial charge on any atom is 0.162 e. The third kappa shape index (κ3) is 3.56. The number of hydrogen-bond donors (Lipinski definition) is 0. The lowest BCUT2D eigenvalue weighted by Crippen LogP contribution is -2.47. The van der Waals surface area contributed by atoms with E-state index in [4.69, 9.17) is 9.97 Å². The van der Waals surface area contributed by atoms with E-state index in [0.29, 0.717) is 6.04 Å². The lowest BCUT2D eigenvalue weighted by atomic mass is 10.0. The van der Waals surface area contributed by atoms with E-state index < -0.39 is 0 Å². The van der Waals surface area contributed by atoms with E-state index in [1.54, 1.807) is 6.20 Å². The Balaban J connectivity index is 1.51. The van der Waals surface area contributed by atoms with Crippen LogP contribution >= 0.6 is 0 Å². The number of likely N-dealkylation sites (N-methyl/N-ethyl adjacent to an activating group) is 1. The van der Waals surface area contributed by atoms with Crippen molar-refractivity contribution in [3.05, 3.63) is 72.9 Å². The van der Waals surface area contributed by atoms with Gasteiger partial charge in [0.2, 0.25) is 0 Å². The molecule has 1 unspecified atom stereocenters. The molecular weight excluding hydrogens is 372 g/mol. The largest absolute Gasteiger partial charge is 0.354 e. The summed E-state index contributed by atoms with van der Waals surface area (Å²) in [6.07, 6.45) is 3.95. The molecular formula is C24H24N6. The van der Waals surface area contributed by atoms with Gasteiger partial charge in [-0.05, 0) is 37.1 Å². The van der Waals surface area contributed by atoms with Crippen LogP contribution in [0.25, 0.3) is 22.3 Å². The Bertz CT molecular complexity index is 1130. The van der Waals surface area contributed by atoms with Crippen LogP contribution in [-0.4, -0.2) is 46.3 Å². The topological polar surface area (TPSA) is 58.0 Å². The van der Waals surface area contributed by atoms with Gasteiger partial charge in [-0.1, -0.05) is 42.5 Å². The van der Waals surface area contributed by atoms with E-state index in [1.807, 2.05) is 36.4 Å². The second-order valence-corrected chi connectivity index (χ2v) is 7.69. The molecule has 0 amide bonds. The second kappa shape index (κ2) is 8.06. The van der Waals surface area contributed by atoms with Crippen LogP contribution in [0.3, 0.4) is 0 Å². The minimum absolute atomic E-state index is 0.336. The molecule has 0 N–H and O–H groups in total. The Kier molecular flexibility index (Phi) is 4.97. The maximum absolute atomic E-state index is 5.01. The minimum Gasteiger partial charge on any atom is -0.354 e.